The molecule has 2 aromatic rings. The first-order valence-corrected chi connectivity index (χ1v) is 5.90. The van der Waals surface area contributed by atoms with Gasteiger partial charge in [0.15, 0.2) is 0 Å². The zero-order chi connectivity index (χ0) is 12.4. The van der Waals surface area contributed by atoms with Gasteiger partial charge in [0.2, 0.25) is 0 Å². The van der Waals surface area contributed by atoms with Crippen LogP contribution in [0.15, 0.2) is 54.6 Å². The van der Waals surface area contributed by atoms with Crippen molar-refractivity contribution in [3.63, 3.8) is 0 Å². The van der Waals surface area contributed by atoms with Crippen LogP contribution in [-0.4, -0.2) is 5.97 Å². The molecule has 0 saturated heterocycles. The first-order valence-electron chi connectivity index (χ1n) is 5.90. The van der Waals surface area contributed by atoms with Gasteiger partial charge in [0.1, 0.15) is 5.75 Å². The van der Waals surface area contributed by atoms with E-state index in [2.05, 4.69) is 12.1 Å². The molecule has 0 spiro atoms. The molecule has 2 nitrogen and oxygen atoms in total. The Hall–Kier alpha value is -2.35. The van der Waals surface area contributed by atoms with Crippen molar-refractivity contribution in [2.45, 2.75) is 6.42 Å². The Bertz CT molecular complexity index is 612. The second-order valence-electron chi connectivity index (χ2n) is 4.19. The third-order valence-corrected chi connectivity index (χ3v) is 2.99. The van der Waals surface area contributed by atoms with E-state index >= 15 is 0 Å². The molecule has 0 N–H and O–H groups in total. The minimum absolute atomic E-state index is 0.315. The largest absolute Gasteiger partial charge is 0.422 e. The van der Waals surface area contributed by atoms with Crippen molar-refractivity contribution in [2.75, 3.05) is 0 Å². The topological polar surface area (TPSA) is 26.3 Å². The number of carbonyl (C=O) groups excluding carboxylic acids is 1. The van der Waals surface area contributed by atoms with Gasteiger partial charge in [0, 0.05) is 5.56 Å². The minimum Gasteiger partial charge on any atom is -0.422 e. The highest BCUT2D eigenvalue weighted by atomic mass is 16.5. The van der Waals surface area contributed by atoms with Crippen molar-refractivity contribution in [3.05, 3.63) is 71.3 Å². The van der Waals surface area contributed by atoms with Crippen LogP contribution in [0.4, 0.5) is 0 Å². The highest BCUT2D eigenvalue weighted by Gasteiger charge is 2.14. The van der Waals surface area contributed by atoms with Gasteiger partial charge < -0.3 is 4.74 Å². The second-order valence-corrected chi connectivity index (χ2v) is 4.19. The number of esters is 1. The maximum atomic E-state index is 12.0. The van der Waals surface area contributed by atoms with Gasteiger partial charge in [-0.2, -0.15) is 0 Å². The quantitative estimate of drug-likeness (QED) is 0.589. The van der Waals surface area contributed by atoms with Crippen LogP contribution >= 0.6 is 0 Å². The smallest absolute Gasteiger partial charge is 0.343 e. The fourth-order valence-electron chi connectivity index (χ4n) is 2.08. The molecule has 0 saturated carbocycles. The molecule has 0 amide bonds. The average Bonchev–Trinajstić information content (AvgIpc) is 2.89. The van der Waals surface area contributed by atoms with Crippen LogP contribution in [0, 0.1) is 0 Å². The Balaban J connectivity index is 1.88. The number of allylic oxidation sites excluding steroid dienone is 1. The summed E-state index contributed by atoms with van der Waals surface area (Å²) in [5.74, 6) is 0.319. The highest BCUT2D eigenvalue weighted by molar-refractivity contribution is 5.91. The molecule has 18 heavy (non-hydrogen) atoms. The van der Waals surface area contributed by atoms with E-state index in [1.54, 1.807) is 12.1 Å². The molecule has 0 aliphatic heterocycles. The highest BCUT2D eigenvalue weighted by Crippen LogP contribution is 2.29. The van der Waals surface area contributed by atoms with Crippen LogP contribution in [0.1, 0.15) is 21.5 Å². The summed E-state index contributed by atoms with van der Waals surface area (Å²) in [6.45, 7) is 0. The number of rotatable bonds is 2. The standard InChI is InChI=1S/C16H12O2/c17-16(13-6-2-1-3-7-13)18-15-11-5-9-12-8-4-10-14(12)15/h1-7,9-11H,8H2. The lowest BCUT2D eigenvalue weighted by molar-refractivity contribution is 0.0734. The van der Waals surface area contributed by atoms with Gasteiger partial charge >= 0.3 is 5.97 Å². The molecule has 1 aliphatic carbocycles. The first kappa shape index (κ1) is 10.8. The van der Waals surface area contributed by atoms with Crippen molar-refractivity contribution in [1.29, 1.82) is 0 Å². The van der Waals surface area contributed by atoms with Gasteiger partial charge in [-0.25, -0.2) is 4.79 Å². The number of ether oxygens (including phenoxy) is 1. The molecule has 0 atom stereocenters. The molecule has 0 heterocycles. The predicted octanol–water partition coefficient (Wildman–Crippen LogP) is 3.48. The third-order valence-electron chi connectivity index (χ3n) is 2.99. The molecule has 2 heteroatoms. The van der Waals surface area contributed by atoms with Crippen molar-refractivity contribution >= 4 is 12.0 Å². The zero-order valence-corrected chi connectivity index (χ0v) is 9.80. The minimum atomic E-state index is -0.315. The summed E-state index contributed by atoms with van der Waals surface area (Å²) in [7, 11) is 0. The summed E-state index contributed by atoms with van der Waals surface area (Å²) in [6.07, 6.45) is 4.99. The van der Waals surface area contributed by atoms with Crippen LogP contribution in [0.25, 0.3) is 6.08 Å². The van der Waals surface area contributed by atoms with Crippen LogP contribution in [-0.2, 0) is 6.42 Å². The summed E-state index contributed by atoms with van der Waals surface area (Å²) in [5.41, 5.74) is 2.78. The lowest BCUT2D eigenvalue weighted by Crippen LogP contribution is -2.09. The maximum Gasteiger partial charge on any atom is 0.343 e. The van der Waals surface area contributed by atoms with Crippen molar-refractivity contribution in [2.24, 2.45) is 0 Å². The Morgan fingerprint density at radius 3 is 2.67 bits per heavy atom. The molecule has 88 valence electrons. The molecule has 0 bridgehead atoms. The van der Waals surface area contributed by atoms with Crippen molar-refractivity contribution in [3.8, 4) is 5.75 Å². The molecule has 0 unspecified atom stereocenters. The molecular weight excluding hydrogens is 224 g/mol. The van der Waals surface area contributed by atoms with Gasteiger partial charge in [-0.15, -0.1) is 0 Å². The monoisotopic (exact) mass is 236 g/mol. The van der Waals surface area contributed by atoms with E-state index < -0.39 is 0 Å². The Morgan fingerprint density at radius 1 is 1.00 bits per heavy atom. The summed E-state index contributed by atoms with van der Waals surface area (Å²) in [5, 5.41) is 0. The molecule has 0 aromatic heterocycles. The average molecular weight is 236 g/mol. The summed E-state index contributed by atoms with van der Waals surface area (Å²) in [6, 6.07) is 14.8. The van der Waals surface area contributed by atoms with E-state index in [9.17, 15) is 4.79 Å². The lowest BCUT2D eigenvalue weighted by Gasteiger charge is -2.08. The van der Waals surface area contributed by atoms with Gasteiger partial charge in [-0.05, 0) is 30.2 Å². The first-order chi connectivity index (χ1) is 8.84. The fraction of sp³-hybridized carbons (Fsp3) is 0.0625. The van der Waals surface area contributed by atoms with E-state index in [-0.39, 0.29) is 5.97 Å². The third kappa shape index (κ3) is 1.93. The second kappa shape index (κ2) is 4.49. The van der Waals surface area contributed by atoms with E-state index in [0.717, 1.165) is 12.0 Å². The number of carbonyl (C=O) groups is 1. The van der Waals surface area contributed by atoms with Gasteiger partial charge in [0.05, 0.1) is 5.56 Å². The molecule has 1 aliphatic rings. The molecule has 2 aromatic carbocycles. The Morgan fingerprint density at radius 2 is 1.83 bits per heavy atom. The van der Waals surface area contributed by atoms with Crippen molar-refractivity contribution in [1.82, 2.24) is 0 Å². The predicted molar refractivity (Wildman–Crippen MR) is 70.6 cm³/mol. The van der Waals surface area contributed by atoms with Crippen molar-refractivity contribution < 1.29 is 9.53 Å². The molecular formula is C16H12O2. The molecule has 0 radical (unpaired) electrons. The zero-order valence-electron chi connectivity index (χ0n) is 9.80. The molecule has 0 fully saturated rings. The molecule has 3 rings (SSSR count). The number of benzene rings is 2. The summed E-state index contributed by atoms with van der Waals surface area (Å²) >= 11 is 0. The normalized spacial score (nSPS) is 12.2. The van der Waals surface area contributed by atoms with Crippen LogP contribution < -0.4 is 4.74 Å². The van der Waals surface area contributed by atoms with Gasteiger partial charge in [0.25, 0.3) is 0 Å². The maximum absolute atomic E-state index is 12.0. The van der Waals surface area contributed by atoms with Crippen LogP contribution in [0.3, 0.4) is 0 Å². The van der Waals surface area contributed by atoms with E-state index in [1.807, 2.05) is 36.4 Å². The van der Waals surface area contributed by atoms with E-state index in [1.165, 1.54) is 5.56 Å². The van der Waals surface area contributed by atoms with Crippen LogP contribution in [0.2, 0.25) is 0 Å². The lowest BCUT2D eigenvalue weighted by atomic mass is 10.1. The van der Waals surface area contributed by atoms with Crippen LogP contribution in [0.5, 0.6) is 5.75 Å². The number of hydrogen-bond acceptors (Lipinski definition) is 2. The Labute approximate surface area is 106 Å². The van der Waals surface area contributed by atoms with Gasteiger partial charge in [-0.3, -0.25) is 0 Å². The van der Waals surface area contributed by atoms with Gasteiger partial charge in [-0.1, -0.05) is 42.5 Å². The van der Waals surface area contributed by atoms with E-state index in [4.69, 9.17) is 4.74 Å². The number of hydrogen-bond donors (Lipinski definition) is 0. The SMILES string of the molecule is O=C(Oc1cccc2c1C=CC2)c1ccccc1. The fourth-order valence-corrected chi connectivity index (χ4v) is 2.08. The van der Waals surface area contributed by atoms with E-state index in [0.29, 0.717) is 11.3 Å². The Kier molecular flexibility index (Phi) is 2.69. The number of fused-ring (bicyclic) bond motifs is 1. The summed E-state index contributed by atoms with van der Waals surface area (Å²) in [4.78, 5) is 12.0. The summed E-state index contributed by atoms with van der Waals surface area (Å²) < 4.78 is 5.45.